The van der Waals surface area contributed by atoms with Crippen LogP contribution in [0.3, 0.4) is 0 Å². The van der Waals surface area contributed by atoms with Crippen molar-refractivity contribution in [3.8, 4) is 0 Å². The van der Waals surface area contributed by atoms with Crippen molar-refractivity contribution in [2.75, 3.05) is 20.8 Å². The van der Waals surface area contributed by atoms with Crippen LogP contribution in [0.1, 0.15) is 27.2 Å². The van der Waals surface area contributed by atoms with E-state index >= 15 is 0 Å². The summed E-state index contributed by atoms with van der Waals surface area (Å²) in [6.07, 6.45) is -0.142. The number of hydrogen-bond acceptors (Lipinski definition) is 4. The van der Waals surface area contributed by atoms with E-state index in [9.17, 15) is 9.59 Å². The molecule has 4 heteroatoms. The molecule has 0 saturated carbocycles. The van der Waals surface area contributed by atoms with Gasteiger partial charge in [0.25, 0.3) is 0 Å². The Bertz CT molecular complexity index is 216. The molecule has 0 aliphatic carbocycles. The second-order valence-corrected chi connectivity index (χ2v) is 4.58. The maximum Gasteiger partial charge on any atom is 0.314 e. The van der Waals surface area contributed by atoms with Crippen LogP contribution >= 0.6 is 0 Å². The lowest BCUT2D eigenvalue weighted by molar-refractivity contribution is -0.150. The molecule has 0 aromatic rings. The first-order valence-electron chi connectivity index (χ1n) is 4.57. The summed E-state index contributed by atoms with van der Waals surface area (Å²) >= 11 is 0. The smallest absolute Gasteiger partial charge is 0.314 e. The molecule has 0 unspecified atom stereocenters. The van der Waals surface area contributed by atoms with Crippen LogP contribution in [0.2, 0.25) is 0 Å². The Labute approximate surface area is 85.2 Å². The van der Waals surface area contributed by atoms with Gasteiger partial charge in [0.15, 0.2) is 0 Å². The van der Waals surface area contributed by atoms with Gasteiger partial charge >= 0.3 is 5.97 Å². The third kappa shape index (κ3) is 5.70. The van der Waals surface area contributed by atoms with Crippen molar-refractivity contribution >= 4 is 11.8 Å². The summed E-state index contributed by atoms with van der Waals surface area (Å²) in [6, 6.07) is 0. The van der Waals surface area contributed by atoms with E-state index < -0.39 is 11.4 Å². The summed E-state index contributed by atoms with van der Waals surface area (Å²) in [4.78, 5) is 24.3. The molecular weight excluding hydrogens is 182 g/mol. The third-order valence-corrected chi connectivity index (χ3v) is 1.63. The summed E-state index contributed by atoms with van der Waals surface area (Å²) in [7, 11) is 3.58. The SMILES string of the molecule is CN(C)COC(=O)CC(=O)C(C)(C)C. The van der Waals surface area contributed by atoms with Crippen molar-refractivity contribution in [2.24, 2.45) is 5.41 Å². The number of Topliss-reactive ketones (excluding diaryl/α,β-unsaturated/α-hetero) is 1. The first kappa shape index (κ1) is 13.1. The number of esters is 1. The molecule has 0 spiro atoms. The van der Waals surface area contributed by atoms with Gasteiger partial charge in [0.1, 0.15) is 18.9 Å². The number of carbonyl (C=O) groups excluding carboxylic acids is 2. The fourth-order valence-corrected chi connectivity index (χ4v) is 0.648. The molecule has 0 aromatic carbocycles. The highest BCUT2D eigenvalue weighted by Gasteiger charge is 2.24. The molecule has 0 amide bonds. The van der Waals surface area contributed by atoms with Gasteiger partial charge in [-0.25, -0.2) is 0 Å². The molecule has 0 aliphatic rings. The van der Waals surface area contributed by atoms with Crippen molar-refractivity contribution in [2.45, 2.75) is 27.2 Å². The minimum absolute atomic E-state index is 0.0961. The van der Waals surface area contributed by atoms with Gasteiger partial charge in [0.2, 0.25) is 0 Å². The summed E-state index contributed by atoms with van der Waals surface area (Å²) < 4.78 is 4.84. The molecule has 0 fully saturated rings. The Morgan fingerprint density at radius 3 is 2.07 bits per heavy atom. The second-order valence-electron chi connectivity index (χ2n) is 4.58. The zero-order valence-corrected chi connectivity index (χ0v) is 9.59. The molecular formula is C10H19NO3. The van der Waals surface area contributed by atoms with E-state index in [1.165, 1.54) is 0 Å². The fraction of sp³-hybridized carbons (Fsp3) is 0.800. The molecule has 0 rings (SSSR count). The number of nitrogens with zero attached hydrogens (tertiary/aromatic N) is 1. The summed E-state index contributed by atoms with van der Waals surface area (Å²) in [5.41, 5.74) is -0.475. The lowest BCUT2D eigenvalue weighted by atomic mass is 9.89. The molecule has 4 nitrogen and oxygen atoms in total. The molecule has 0 saturated heterocycles. The van der Waals surface area contributed by atoms with Crippen LogP contribution in [-0.4, -0.2) is 37.5 Å². The first-order chi connectivity index (χ1) is 6.23. The second kappa shape index (κ2) is 5.10. The highest BCUT2D eigenvalue weighted by Crippen LogP contribution is 2.16. The molecule has 0 N–H and O–H groups in total. The molecule has 0 heterocycles. The monoisotopic (exact) mass is 201 g/mol. The lowest BCUT2D eigenvalue weighted by Gasteiger charge is -2.16. The van der Waals surface area contributed by atoms with Crippen LogP contribution < -0.4 is 0 Å². The largest absolute Gasteiger partial charge is 0.449 e. The number of carbonyl (C=O) groups is 2. The van der Waals surface area contributed by atoms with Crippen molar-refractivity contribution < 1.29 is 14.3 Å². The van der Waals surface area contributed by atoms with Gasteiger partial charge in [0, 0.05) is 5.41 Å². The van der Waals surface area contributed by atoms with E-state index in [2.05, 4.69) is 0 Å². The standard InChI is InChI=1S/C10H19NO3/c1-10(2,3)8(12)6-9(13)14-7-11(4)5/h6-7H2,1-5H3. The fourth-order valence-electron chi connectivity index (χ4n) is 0.648. The number of ketones is 1. The van der Waals surface area contributed by atoms with Gasteiger partial charge in [0.05, 0.1) is 0 Å². The predicted octanol–water partition coefficient (Wildman–Crippen LogP) is 1.05. The van der Waals surface area contributed by atoms with E-state index in [4.69, 9.17) is 4.74 Å². The van der Waals surface area contributed by atoms with E-state index in [0.29, 0.717) is 0 Å². The third-order valence-electron chi connectivity index (χ3n) is 1.63. The molecule has 0 aromatic heterocycles. The van der Waals surface area contributed by atoms with Crippen LogP contribution in [0.4, 0.5) is 0 Å². The predicted molar refractivity (Wildman–Crippen MR) is 53.7 cm³/mol. The van der Waals surface area contributed by atoms with Gasteiger partial charge in [-0.3, -0.25) is 14.5 Å². The normalized spacial score (nSPS) is 11.6. The Kier molecular flexibility index (Phi) is 4.77. The van der Waals surface area contributed by atoms with Crippen LogP contribution in [0, 0.1) is 5.41 Å². The van der Waals surface area contributed by atoms with E-state index in [1.54, 1.807) is 39.8 Å². The van der Waals surface area contributed by atoms with Crippen LogP contribution in [-0.2, 0) is 14.3 Å². The van der Waals surface area contributed by atoms with E-state index in [1.807, 2.05) is 0 Å². The number of ether oxygens (including phenoxy) is 1. The lowest BCUT2D eigenvalue weighted by Crippen LogP contribution is -2.26. The van der Waals surface area contributed by atoms with Crippen LogP contribution in [0.5, 0.6) is 0 Å². The van der Waals surface area contributed by atoms with Gasteiger partial charge in [-0.1, -0.05) is 20.8 Å². The Balaban J connectivity index is 3.90. The first-order valence-corrected chi connectivity index (χ1v) is 4.57. The topological polar surface area (TPSA) is 46.6 Å². The average molecular weight is 201 g/mol. The zero-order chi connectivity index (χ0) is 11.4. The molecule has 82 valence electrons. The van der Waals surface area contributed by atoms with Gasteiger partial charge in [-0.05, 0) is 14.1 Å². The molecule has 14 heavy (non-hydrogen) atoms. The van der Waals surface area contributed by atoms with Crippen molar-refractivity contribution in [3.63, 3.8) is 0 Å². The maximum atomic E-state index is 11.4. The van der Waals surface area contributed by atoms with Crippen molar-refractivity contribution in [1.82, 2.24) is 4.90 Å². The van der Waals surface area contributed by atoms with Crippen LogP contribution in [0.15, 0.2) is 0 Å². The number of rotatable bonds is 4. The summed E-state index contributed by atoms with van der Waals surface area (Å²) in [5.74, 6) is -0.556. The molecule has 0 radical (unpaired) electrons. The Morgan fingerprint density at radius 2 is 1.71 bits per heavy atom. The zero-order valence-electron chi connectivity index (χ0n) is 9.59. The van der Waals surface area contributed by atoms with E-state index in [-0.39, 0.29) is 18.9 Å². The van der Waals surface area contributed by atoms with E-state index in [0.717, 1.165) is 0 Å². The molecule has 0 aliphatic heterocycles. The molecule has 0 atom stereocenters. The molecule has 0 bridgehead atoms. The van der Waals surface area contributed by atoms with Gasteiger partial charge < -0.3 is 4.74 Å². The summed E-state index contributed by atoms with van der Waals surface area (Å²) in [6.45, 7) is 5.58. The Hall–Kier alpha value is -0.900. The minimum atomic E-state index is -0.475. The highest BCUT2D eigenvalue weighted by molar-refractivity contribution is 5.98. The van der Waals surface area contributed by atoms with Gasteiger partial charge in [-0.2, -0.15) is 0 Å². The van der Waals surface area contributed by atoms with Crippen molar-refractivity contribution in [1.29, 1.82) is 0 Å². The maximum absolute atomic E-state index is 11.4. The quantitative estimate of drug-likeness (QED) is 0.387. The number of hydrogen-bond donors (Lipinski definition) is 0. The highest BCUT2D eigenvalue weighted by atomic mass is 16.5. The average Bonchev–Trinajstić information content (AvgIpc) is 1.99. The van der Waals surface area contributed by atoms with Gasteiger partial charge in [-0.15, -0.1) is 0 Å². The Morgan fingerprint density at radius 1 is 1.21 bits per heavy atom. The van der Waals surface area contributed by atoms with Crippen molar-refractivity contribution in [3.05, 3.63) is 0 Å². The summed E-state index contributed by atoms with van der Waals surface area (Å²) in [5, 5.41) is 0. The van der Waals surface area contributed by atoms with Crippen LogP contribution in [0.25, 0.3) is 0 Å². The minimum Gasteiger partial charge on any atom is -0.449 e.